The van der Waals surface area contributed by atoms with Crippen LogP contribution in [-0.4, -0.2) is 12.6 Å². The molecule has 0 amide bonds. The summed E-state index contributed by atoms with van der Waals surface area (Å²) in [5.74, 6) is 0. The first-order valence-electron chi connectivity index (χ1n) is 7.71. The Morgan fingerprint density at radius 2 is 2.16 bits per heavy atom. The molecule has 3 rings (SSSR count). The van der Waals surface area contributed by atoms with Gasteiger partial charge in [0.25, 0.3) is 0 Å². The number of fused-ring (bicyclic) bond motifs is 1. The van der Waals surface area contributed by atoms with Crippen LogP contribution in [0.15, 0.2) is 22.7 Å². The van der Waals surface area contributed by atoms with E-state index in [1.54, 1.807) is 11.1 Å². The van der Waals surface area contributed by atoms with Crippen LogP contribution in [0.3, 0.4) is 0 Å². The van der Waals surface area contributed by atoms with E-state index in [-0.39, 0.29) is 0 Å². The number of benzene rings is 1. The highest BCUT2D eigenvalue weighted by molar-refractivity contribution is 9.10. The molecule has 0 aromatic heterocycles. The molecule has 2 aliphatic carbocycles. The monoisotopic (exact) mass is 321 g/mol. The van der Waals surface area contributed by atoms with Crippen LogP contribution in [0.1, 0.15) is 50.2 Å². The molecule has 0 saturated heterocycles. The molecule has 1 atom stereocenters. The molecule has 0 aliphatic heterocycles. The third-order valence-corrected chi connectivity index (χ3v) is 5.82. The molecule has 1 unspecified atom stereocenters. The van der Waals surface area contributed by atoms with Gasteiger partial charge in [0.1, 0.15) is 0 Å². The lowest BCUT2D eigenvalue weighted by Crippen LogP contribution is -2.45. The molecule has 1 fully saturated rings. The van der Waals surface area contributed by atoms with Gasteiger partial charge in [0.15, 0.2) is 0 Å². The van der Waals surface area contributed by atoms with Crippen molar-refractivity contribution in [2.24, 2.45) is 5.41 Å². The van der Waals surface area contributed by atoms with E-state index in [4.69, 9.17) is 0 Å². The summed E-state index contributed by atoms with van der Waals surface area (Å²) in [6.45, 7) is 3.59. The van der Waals surface area contributed by atoms with Gasteiger partial charge in [0, 0.05) is 17.1 Å². The highest BCUT2D eigenvalue weighted by Crippen LogP contribution is 2.43. The van der Waals surface area contributed by atoms with E-state index >= 15 is 0 Å². The summed E-state index contributed by atoms with van der Waals surface area (Å²) in [4.78, 5) is 0. The molecular weight excluding hydrogens is 298 g/mol. The van der Waals surface area contributed by atoms with Crippen LogP contribution < -0.4 is 5.32 Å². The molecule has 1 aromatic rings. The number of hydrogen-bond donors (Lipinski definition) is 1. The van der Waals surface area contributed by atoms with Gasteiger partial charge in [0.05, 0.1) is 0 Å². The average molecular weight is 322 g/mol. The van der Waals surface area contributed by atoms with Crippen LogP contribution in [0, 0.1) is 5.41 Å². The lowest BCUT2D eigenvalue weighted by atomic mass is 9.67. The Morgan fingerprint density at radius 1 is 1.32 bits per heavy atom. The van der Waals surface area contributed by atoms with E-state index in [0.717, 1.165) is 0 Å². The first kappa shape index (κ1) is 13.6. The number of nitrogens with one attached hydrogen (secondary N) is 1. The predicted molar refractivity (Wildman–Crippen MR) is 84.5 cm³/mol. The van der Waals surface area contributed by atoms with Crippen molar-refractivity contribution in [1.29, 1.82) is 0 Å². The molecule has 2 heteroatoms. The first-order valence-corrected chi connectivity index (χ1v) is 8.51. The second-order valence-electron chi connectivity index (χ2n) is 6.44. The van der Waals surface area contributed by atoms with E-state index in [0.29, 0.717) is 11.5 Å². The number of rotatable bonds is 4. The largest absolute Gasteiger partial charge is 0.313 e. The van der Waals surface area contributed by atoms with Gasteiger partial charge < -0.3 is 5.32 Å². The molecular formula is C17H24BrN. The Bertz CT molecular complexity index is 445. The fourth-order valence-corrected chi connectivity index (χ4v) is 4.00. The fraction of sp³-hybridized carbons (Fsp3) is 0.647. The lowest BCUT2D eigenvalue weighted by molar-refractivity contribution is 0.118. The summed E-state index contributed by atoms with van der Waals surface area (Å²) in [6.07, 6.45) is 9.39. The average Bonchev–Trinajstić information content (AvgIpc) is 2.38. The molecule has 0 bridgehead atoms. The van der Waals surface area contributed by atoms with Crippen molar-refractivity contribution in [3.8, 4) is 0 Å². The van der Waals surface area contributed by atoms with E-state index in [9.17, 15) is 0 Å². The molecule has 1 aromatic carbocycles. The second-order valence-corrected chi connectivity index (χ2v) is 7.36. The van der Waals surface area contributed by atoms with Crippen molar-refractivity contribution in [1.82, 2.24) is 5.32 Å². The summed E-state index contributed by atoms with van der Waals surface area (Å²) < 4.78 is 1.22. The van der Waals surface area contributed by atoms with Crippen LogP contribution in [0.25, 0.3) is 0 Å². The zero-order valence-electron chi connectivity index (χ0n) is 11.8. The van der Waals surface area contributed by atoms with Gasteiger partial charge in [-0.2, -0.15) is 0 Å². The summed E-state index contributed by atoms with van der Waals surface area (Å²) in [5.41, 5.74) is 3.73. The van der Waals surface area contributed by atoms with Crippen LogP contribution in [0.2, 0.25) is 0 Å². The van der Waals surface area contributed by atoms with Gasteiger partial charge in [-0.25, -0.2) is 0 Å². The molecule has 1 N–H and O–H groups in total. The Labute approximate surface area is 125 Å². The smallest absolute Gasteiger partial charge is 0.0178 e. The molecule has 19 heavy (non-hydrogen) atoms. The zero-order chi connectivity index (χ0) is 13.3. The molecule has 1 nitrogen and oxygen atoms in total. The minimum atomic E-state index is 0.639. The molecule has 0 radical (unpaired) electrons. The van der Waals surface area contributed by atoms with E-state index < -0.39 is 0 Å². The summed E-state index contributed by atoms with van der Waals surface area (Å²) >= 11 is 3.57. The van der Waals surface area contributed by atoms with Gasteiger partial charge in [-0.3, -0.25) is 0 Å². The van der Waals surface area contributed by atoms with Crippen molar-refractivity contribution >= 4 is 15.9 Å². The quantitative estimate of drug-likeness (QED) is 0.862. The lowest BCUT2D eigenvalue weighted by Gasteiger charge is -2.43. The summed E-state index contributed by atoms with van der Waals surface area (Å²) in [5, 5.41) is 3.86. The second kappa shape index (κ2) is 5.57. The Kier molecular flexibility index (Phi) is 4.00. The molecule has 1 saturated carbocycles. The van der Waals surface area contributed by atoms with Crippen LogP contribution in [0.4, 0.5) is 0 Å². The van der Waals surface area contributed by atoms with Gasteiger partial charge >= 0.3 is 0 Å². The van der Waals surface area contributed by atoms with E-state index in [1.165, 1.54) is 56.0 Å². The topological polar surface area (TPSA) is 12.0 Å². The Morgan fingerprint density at radius 3 is 2.84 bits per heavy atom. The maximum absolute atomic E-state index is 3.86. The van der Waals surface area contributed by atoms with Crippen LogP contribution in [0.5, 0.6) is 0 Å². The maximum atomic E-state index is 3.86. The number of aryl methyl sites for hydroxylation is 1. The standard InChI is InChI=1S/C17H24BrN/c1-2-17(8-3-9-17)12-19-16-7-5-13-10-15(18)6-4-14(13)11-16/h4,6,10,16,19H,2-3,5,7-9,11-12H2,1H3. The number of halogens is 1. The van der Waals surface area contributed by atoms with E-state index in [2.05, 4.69) is 46.4 Å². The van der Waals surface area contributed by atoms with Crippen molar-refractivity contribution in [2.75, 3.05) is 6.54 Å². The summed E-state index contributed by atoms with van der Waals surface area (Å²) in [7, 11) is 0. The highest BCUT2D eigenvalue weighted by Gasteiger charge is 2.35. The maximum Gasteiger partial charge on any atom is 0.0178 e. The van der Waals surface area contributed by atoms with Gasteiger partial charge in [-0.15, -0.1) is 0 Å². The van der Waals surface area contributed by atoms with E-state index in [1.807, 2.05) is 0 Å². The van der Waals surface area contributed by atoms with Crippen molar-refractivity contribution in [3.63, 3.8) is 0 Å². The summed E-state index contributed by atoms with van der Waals surface area (Å²) in [6, 6.07) is 7.47. The predicted octanol–water partition coefficient (Wildman–Crippen LogP) is 4.48. The van der Waals surface area contributed by atoms with Crippen molar-refractivity contribution < 1.29 is 0 Å². The normalized spacial score (nSPS) is 24.6. The van der Waals surface area contributed by atoms with Gasteiger partial charge in [-0.05, 0) is 67.2 Å². The molecule has 0 spiro atoms. The fourth-order valence-electron chi connectivity index (χ4n) is 3.59. The van der Waals surface area contributed by atoms with Crippen molar-refractivity contribution in [3.05, 3.63) is 33.8 Å². The molecule has 2 aliphatic rings. The van der Waals surface area contributed by atoms with Crippen LogP contribution >= 0.6 is 15.9 Å². The Hall–Kier alpha value is -0.340. The third kappa shape index (κ3) is 2.90. The molecule has 0 heterocycles. The zero-order valence-corrected chi connectivity index (χ0v) is 13.4. The first-order chi connectivity index (χ1) is 9.21. The van der Waals surface area contributed by atoms with Gasteiger partial charge in [0.2, 0.25) is 0 Å². The van der Waals surface area contributed by atoms with Crippen molar-refractivity contribution in [2.45, 2.75) is 57.9 Å². The molecule has 104 valence electrons. The Balaban J connectivity index is 1.58. The number of hydrogen-bond acceptors (Lipinski definition) is 1. The highest BCUT2D eigenvalue weighted by atomic mass is 79.9. The van der Waals surface area contributed by atoms with Crippen LogP contribution in [-0.2, 0) is 12.8 Å². The van der Waals surface area contributed by atoms with Gasteiger partial charge in [-0.1, -0.05) is 35.3 Å². The minimum Gasteiger partial charge on any atom is -0.313 e. The SMILES string of the molecule is CCC1(CNC2CCc3cc(Br)ccc3C2)CCC1. The third-order valence-electron chi connectivity index (χ3n) is 5.33. The minimum absolute atomic E-state index is 0.639.